The van der Waals surface area contributed by atoms with Crippen LogP contribution >= 0.6 is 34.9 Å². The number of nitrogens with zero attached hydrogens (tertiary/aromatic N) is 3. The van der Waals surface area contributed by atoms with Gasteiger partial charge in [0.05, 0.1) is 15.1 Å². The number of rotatable bonds is 7. The second kappa shape index (κ2) is 10.9. The summed E-state index contributed by atoms with van der Waals surface area (Å²) in [5.41, 5.74) is 1.36. The van der Waals surface area contributed by atoms with Gasteiger partial charge in [0.15, 0.2) is 5.13 Å². The first-order valence-electron chi connectivity index (χ1n) is 10.8. The lowest BCUT2D eigenvalue weighted by Crippen LogP contribution is -2.36. The van der Waals surface area contributed by atoms with E-state index in [1.165, 1.54) is 11.3 Å². The number of hydrogen-bond donors (Lipinski definition) is 1. The molecule has 8 nitrogen and oxygen atoms in total. The molecule has 1 aliphatic rings. The van der Waals surface area contributed by atoms with E-state index >= 15 is 0 Å². The number of nitrogens with one attached hydrogen (secondary N) is 1. The van der Waals surface area contributed by atoms with Gasteiger partial charge in [-0.2, -0.15) is 5.26 Å². The highest BCUT2D eigenvalue weighted by molar-refractivity contribution is 8.18. The van der Waals surface area contributed by atoms with Crippen LogP contribution < -0.4 is 10.1 Å². The van der Waals surface area contributed by atoms with Gasteiger partial charge in [-0.1, -0.05) is 41.7 Å². The van der Waals surface area contributed by atoms with E-state index in [4.69, 9.17) is 10.00 Å². The molecular weight excluding hydrogens is 529 g/mol. The van der Waals surface area contributed by atoms with Gasteiger partial charge in [-0.25, -0.2) is 4.98 Å². The summed E-state index contributed by atoms with van der Waals surface area (Å²) in [6, 6.07) is 21.8. The van der Waals surface area contributed by atoms with Crippen LogP contribution in [0.1, 0.15) is 5.56 Å². The van der Waals surface area contributed by atoms with Crippen molar-refractivity contribution in [1.29, 1.82) is 5.26 Å². The van der Waals surface area contributed by atoms with E-state index in [9.17, 15) is 14.4 Å². The summed E-state index contributed by atoms with van der Waals surface area (Å²) in [6.45, 7) is -0.426. The number of thiazole rings is 1. The molecule has 37 heavy (non-hydrogen) atoms. The molecule has 0 saturated carbocycles. The Bertz CT molecular complexity index is 1590. The molecule has 182 valence electrons. The first-order chi connectivity index (χ1) is 18.0. The molecule has 1 saturated heterocycles. The normalized spacial score (nSPS) is 14.2. The summed E-state index contributed by atoms with van der Waals surface area (Å²) in [5.74, 6) is 0.197. The molecule has 0 spiro atoms. The molecule has 0 radical (unpaired) electrons. The quantitative estimate of drug-likeness (QED) is 0.163. The molecule has 0 unspecified atom stereocenters. The molecule has 0 aliphatic carbocycles. The van der Waals surface area contributed by atoms with E-state index in [2.05, 4.69) is 10.3 Å². The maximum atomic E-state index is 12.9. The Kier molecular flexibility index (Phi) is 7.23. The number of amides is 3. The summed E-state index contributed by atoms with van der Waals surface area (Å²) < 4.78 is 6.64. The molecular formula is C26H16N4O4S3. The first kappa shape index (κ1) is 24.6. The number of anilines is 1. The van der Waals surface area contributed by atoms with Crippen LogP contribution in [0.15, 0.2) is 82.6 Å². The summed E-state index contributed by atoms with van der Waals surface area (Å²) in [4.78, 5) is 44.3. The highest BCUT2D eigenvalue weighted by atomic mass is 32.2. The zero-order valence-corrected chi connectivity index (χ0v) is 21.4. The maximum Gasteiger partial charge on any atom is 0.294 e. The van der Waals surface area contributed by atoms with Gasteiger partial charge in [-0.15, -0.1) is 0 Å². The van der Waals surface area contributed by atoms with Crippen molar-refractivity contribution >= 4 is 73.3 Å². The molecule has 4 aromatic rings. The standard InChI is InChI=1S/C26H16N4O4S3/c27-15-35-19-9-10-20-21(13-19)36-25(28-20)29-23(31)14-30-24(32)22(37-26(30)33)12-16-5-4-8-18(11-16)34-17-6-2-1-3-7-17/h1-13H,14H2,(H,28,29,31)/b22-12+. The smallest absolute Gasteiger partial charge is 0.294 e. The topological polar surface area (TPSA) is 112 Å². The second-order valence-electron chi connectivity index (χ2n) is 7.65. The summed E-state index contributed by atoms with van der Waals surface area (Å²) in [5, 5.41) is 13.3. The Morgan fingerprint density at radius 2 is 1.89 bits per heavy atom. The average Bonchev–Trinajstić information content (AvgIpc) is 3.39. The van der Waals surface area contributed by atoms with Crippen molar-refractivity contribution in [3.63, 3.8) is 0 Å². The van der Waals surface area contributed by atoms with Crippen molar-refractivity contribution in [3.8, 4) is 16.9 Å². The molecule has 3 amide bonds. The Labute approximate surface area is 223 Å². The van der Waals surface area contributed by atoms with Gasteiger partial charge < -0.3 is 10.1 Å². The van der Waals surface area contributed by atoms with Gasteiger partial charge in [0.25, 0.3) is 11.1 Å². The predicted octanol–water partition coefficient (Wildman–Crippen LogP) is 6.34. The van der Waals surface area contributed by atoms with Crippen LogP contribution in [0.3, 0.4) is 0 Å². The lowest BCUT2D eigenvalue weighted by atomic mass is 10.2. The highest BCUT2D eigenvalue weighted by Gasteiger charge is 2.36. The molecule has 5 rings (SSSR count). The largest absolute Gasteiger partial charge is 0.457 e. The number of carbonyl (C=O) groups is 3. The second-order valence-corrected chi connectivity index (χ2v) is 10.5. The van der Waals surface area contributed by atoms with E-state index in [1.54, 1.807) is 42.5 Å². The zero-order valence-electron chi connectivity index (χ0n) is 18.9. The SMILES string of the molecule is N#CSc1ccc2nc(NC(=O)CN3C(=O)S/C(=C/c4cccc(Oc5ccccc5)c4)C3=O)sc2c1. The highest BCUT2D eigenvalue weighted by Crippen LogP contribution is 2.34. The van der Waals surface area contributed by atoms with Crippen LogP contribution in [0.2, 0.25) is 0 Å². The van der Waals surface area contributed by atoms with Crippen molar-refractivity contribution < 1.29 is 19.1 Å². The Morgan fingerprint density at radius 3 is 2.70 bits per heavy atom. The van der Waals surface area contributed by atoms with Crippen LogP contribution in [0.25, 0.3) is 16.3 Å². The van der Waals surface area contributed by atoms with E-state index in [-0.39, 0.29) is 4.91 Å². The number of para-hydroxylation sites is 1. The third-order valence-electron chi connectivity index (χ3n) is 5.08. The fraction of sp³-hybridized carbons (Fsp3) is 0.0385. The molecule has 1 fully saturated rings. The molecule has 2 heterocycles. The first-order valence-corrected chi connectivity index (χ1v) is 13.3. The molecule has 1 aliphatic heterocycles. The third-order valence-corrected chi connectivity index (χ3v) is 7.50. The van der Waals surface area contributed by atoms with E-state index in [0.717, 1.165) is 38.0 Å². The fourth-order valence-electron chi connectivity index (χ4n) is 3.46. The third kappa shape index (κ3) is 5.83. The lowest BCUT2D eigenvalue weighted by Gasteiger charge is -2.11. The number of fused-ring (bicyclic) bond motifs is 1. The van der Waals surface area contributed by atoms with Crippen LogP contribution in [0.4, 0.5) is 9.93 Å². The number of benzene rings is 3. The van der Waals surface area contributed by atoms with Gasteiger partial charge >= 0.3 is 0 Å². The van der Waals surface area contributed by atoms with Gasteiger partial charge in [0.2, 0.25) is 5.91 Å². The van der Waals surface area contributed by atoms with Crippen molar-refractivity contribution in [2.24, 2.45) is 0 Å². The van der Waals surface area contributed by atoms with Gasteiger partial charge in [-0.05, 0) is 77.6 Å². The van der Waals surface area contributed by atoms with E-state index in [1.807, 2.05) is 41.8 Å². The number of nitriles is 1. The van der Waals surface area contributed by atoms with Gasteiger partial charge in [0.1, 0.15) is 23.4 Å². The molecule has 0 bridgehead atoms. The summed E-state index contributed by atoms with van der Waals surface area (Å²) in [6.07, 6.45) is 1.60. The molecule has 0 atom stereocenters. The predicted molar refractivity (Wildman–Crippen MR) is 145 cm³/mol. The Balaban J connectivity index is 1.25. The average molecular weight is 545 g/mol. The lowest BCUT2D eigenvalue weighted by molar-refractivity contribution is -0.127. The number of thiocyanates is 1. The van der Waals surface area contributed by atoms with Gasteiger partial charge in [0, 0.05) is 4.90 Å². The van der Waals surface area contributed by atoms with Crippen LogP contribution in [-0.4, -0.2) is 33.5 Å². The maximum absolute atomic E-state index is 12.9. The Morgan fingerprint density at radius 1 is 1.08 bits per heavy atom. The minimum Gasteiger partial charge on any atom is -0.457 e. The molecule has 1 aromatic heterocycles. The van der Waals surface area contributed by atoms with Crippen molar-refractivity contribution in [2.75, 3.05) is 11.9 Å². The van der Waals surface area contributed by atoms with Crippen LogP contribution in [-0.2, 0) is 9.59 Å². The number of aromatic nitrogens is 1. The summed E-state index contributed by atoms with van der Waals surface area (Å²) in [7, 11) is 0. The molecule has 3 aromatic carbocycles. The number of imide groups is 1. The van der Waals surface area contributed by atoms with Crippen LogP contribution in [0.5, 0.6) is 11.5 Å². The molecule has 1 N–H and O–H groups in total. The molecule has 11 heteroatoms. The van der Waals surface area contributed by atoms with Crippen molar-refractivity contribution in [1.82, 2.24) is 9.88 Å². The Hall–Kier alpha value is -4.11. The fourth-order valence-corrected chi connectivity index (χ4v) is 5.71. The minimum absolute atomic E-state index is 0.220. The van der Waals surface area contributed by atoms with Crippen molar-refractivity contribution in [3.05, 3.63) is 83.3 Å². The number of carbonyl (C=O) groups excluding carboxylic acids is 3. The number of hydrogen-bond acceptors (Lipinski definition) is 9. The number of ether oxygens (including phenoxy) is 1. The monoisotopic (exact) mass is 544 g/mol. The number of thioether (sulfide) groups is 2. The van der Waals surface area contributed by atoms with E-state index < -0.39 is 23.6 Å². The summed E-state index contributed by atoms with van der Waals surface area (Å²) >= 11 is 3.06. The van der Waals surface area contributed by atoms with Crippen LogP contribution in [0, 0.1) is 10.7 Å². The zero-order chi connectivity index (χ0) is 25.8. The minimum atomic E-state index is -0.540. The van der Waals surface area contributed by atoms with Gasteiger partial charge in [-0.3, -0.25) is 19.3 Å². The van der Waals surface area contributed by atoms with Crippen molar-refractivity contribution in [2.45, 2.75) is 4.90 Å². The van der Waals surface area contributed by atoms with E-state index in [0.29, 0.717) is 27.7 Å².